The van der Waals surface area contributed by atoms with Crippen LogP contribution in [0.3, 0.4) is 0 Å². The highest BCUT2D eigenvalue weighted by molar-refractivity contribution is 14.0. The number of guanidine groups is 1. The first kappa shape index (κ1) is 25.0. The lowest BCUT2D eigenvalue weighted by molar-refractivity contribution is 0.0744. The van der Waals surface area contributed by atoms with Gasteiger partial charge < -0.3 is 15.5 Å². The molecule has 0 radical (unpaired) electrons. The predicted molar refractivity (Wildman–Crippen MR) is 118 cm³/mol. The minimum Gasteiger partial charge on any atom is -0.354 e. The number of hydrogen-bond donors (Lipinski definition) is 2. The molecular formula is C19H31F3IN5. The van der Waals surface area contributed by atoms with Crippen LogP contribution in [0.2, 0.25) is 0 Å². The Morgan fingerprint density at radius 1 is 1.29 bits per heavy atom. The molecular weight excluding hydrogens is 482 g/mol. The van der Waals surface area contributed by atoms with Gasteiger partial charge in [-0.25, -0.2) is 13.2 Å². The molecule has 0 aliphatic carbocycles. The van der Waals surface area contributed by atoms with E-state index in [2.05, 4.69) is 15.6 Å². The molecule has 0 saturated carbocycles. The van der Waals surface area contributed by atoms with Gasteiger partial charge in [0.25, 0.3) is 6.43 Å². The number of piperidine rings is 1. The van der Waals surface area contributed by atoms with E-state index in [1.165, 1.54) is 6.07 Å². The summed E-state index contributed by atoms with van der Waals surface area (Å²) < 4.78 is 38.8. The quantitative estimate of drug-likeness (QED) is 0.335. The lowest BCUT2D eigenvalue weighted by Crippen LogP contribution is -2.49. The van der Waals surface area contributed by atoms with E-state index in [4.69, 9.17) is 0 Å². The maximum absolute atomic E-state index is 13.9. The summed E-state index contributed by atoms with van der Waals surface area (Å²) in [4.78, 5) is 7.95. The monoisotopic (exact) mass is 513 g/mol. The fraction of sp³-hybridized carbons (Fsp3) is 0.632. The number of halogens is 4. The minimum atomic E-state index is -2.28. The Morgan fingerprint density at radius 2 is 1.96 bits per heavy atom. The van der Waals surface area contributed by atoms with E-state index in [9.17, 15) is 13.2 Å². The van der Waals surface area contributed by atoms with Gasteiger partial charge in [0.1, 0.15) is 5.82 Å². The zero-order valence-corrected chi connectivity index (χ0v) is 19.1. The largest absolute Gasteiger partial charge is 0.354 e. The van der Waals surface area contributed by atoms with Gasteiger partial charge in [-0.3, -0.25) is 9.89 Å². The van der Waals surface area contributed by atoms with Gasteiger partial charge in [-0.1, -0.05) is 6.07 Å². The Labute approximate surface area is 182 Å². The summed E-state index contributed by atoms with van der Waals surface area (Å²) in [7, 11) is 5.51. The normalized spacial score (nSPS) is 16.4. The summed E-state index contributed by atoms with van der Waals surface area (Å²) in [5.41, 5.74) is 1.64. The molecule has 0 amide bonds. The maximum atomic E-state index is 13.9. The molecule has 9 heteroatoms. The molecule has 1 fully saturated rings. The number of benzene rings is 1. The summed E-state index contributed by atoms with van der Waals surface area (Å²) in [6.45, 7) is 2.24. The fourth-order valence-corrected chi connectivity index (χ4v) is 3.23. The van der Waals surface area contributed by atoms with Gasteiger partial charge in [0.15, 0.2) is 5.96 Å². The molecule has 0 unspecified atom stereocenters. The molecule has 1 heterocycles. The lowest BCUT2D eigenvalue weighted by Gasteiger charge is -2.32. The van der Waals surface area contributed by atoms with Crippen LogP contribution in [0.1, 0.15) is 24.0 Å². The standard InChI is InChI=1S/C19H30F3N5.HI/c1-23-19(25-16-6-8-27(9-7-16)13-18(21)22)24-11-14-4-5-17(20)15(10-14)12-26(2)3;/h4-5,10,16,18H,6-9,11-13H2,1-3H3,(H2,23,24,25);1H. The van der Waals surface area contributed by atoms with Gasteiger partial charge in [-0.15, -0.1) is 24.0 Å². The van der Waals surface area contributed by atoms with Crippen LogP contribution in [0, 0.1) is 5.82 Å². The lowest BCUT2D eigenvalue weighted by atomic mass is 10.1. The van der Waals surface area contributed by atoms with Crippen LogP contribution in [0.5, 0.6) is 0 Å². The van der Waals surface area contributed by atoms with Crippen LogP contribution in [0.4, 0.5) is 13.2 Å². The topological polar surface area (TPSA) is 42.9 Å². The van der Waals surface area contributed by atoms with Crippen molar-refractivity contribution in [3.63, 3.8) is 0 Å². The van der Waals surface area contributed by atoms with Crippen LogP contribution < -0.4 is 10.6 Å². The van der Waals surface area contributed by atoms with Gasteiger partial charge in [0, 0.05) is 44.8 Å². The summed E-state index contributed by atoms with van der Waals surface area (Å²) in [5, 5.41) is 6.60. The van der Waals surface area contributed by atoms with E-state index in [1.54, 1.807) is 18.0 Å². The third kappa shape index (κ3) is 8.52. The van der Waals surface area contributed by atoms with Crippen LogP contribution in [-0.4, -0.2) is 69.0 Å². The Balaban J connectivity index is 0.00000392. The molecule has 5 nitrogen and oxygen atoms in total. The average Bonchev–Trinajstić information content (AvgIpc) is 2.61. The van der Waals surface area contributed by atoms with Crippen molar-refractivity contribution in [1.29, 1.82) is 0 Å². The van der Waals surface area contributed by atoms with E-state index >= 15 is 0 Å². The zero-order valence-electron chi connectivity index (χ0n) is 16.7. The van der Waals surface area contributed by atoms with Crippen LogP contribution in [-0.2, 0) is 13.1 Å². The van der Waals surface area contributed by atoms with Crippen molar-refractivity contribution in [2.45, 2.75) is 38.4 Å². The van der Waals surface area contributed by atoms with E-state index < -0.39 is 6.43 Å². The van der Waals surface area contributed by atoms with E-state index in [1.807, 2.05) is 25.1 Å². The maximum Gasteiger partial charge on any atom is 0.251 e. The van der Waals surface area contributed by atoms with Gasteiger partial charge in [-0.2, -0.15) is 0 Å². The van der Waals surface area contributed by atoms with Crippen LogP contribution >= 0.6 is 24.0 Å². The first-order valence-corrected chi connectivity index (χ1v) is 9.27. The Bertz CT molecular complexity index is 620. The number of rotatable bonds is 7. The third-order valence-electron chi connectivity index (χ3n) is 4.60. The molecule has 0 spiro atoms. The van der Waals surface area contributed by atoms with Gasteiger partial charge in [-0.05, 0) is 44.6 Å². The van der Waals surface area contributed by atoms with Gasteiger partial charge in [0.05, 0.1) is 6.54 Å². The zero-order chi connectivity index (χ0) is 19.8. The van der Waals surface area contributed by atoms with Crippen LogP contribution in [0.25, 0.3) is 0 Å². The van der Waals surface area contributed by atoms with E-state index in [0.29, 0.717) is 37.7 Å². The predicted octanol–water partition coefficient (Wildman–Crippen LogP) is 2.90. The van der Waals surface area contributed by atoms with Crippen molar-refractivity contribution in [2.75, 3.05) is 40.8 Å². The van der Waals surface area contributed by atoms with Crippen molar-refractivity contribution in [3.05, 3.63) is 35.1 Å². The first-order valence-electron chi connectivity index (χ1n) is 9.27. The Hall–Kier alpha value is -1.07. The van der Waals surface area contributed by atoms with E-state index in [-0.39, 0.29) is 42.4 Å². The molecule has 2 N–H and O–H groups in total. The molecule has 160 valence electrons. The fourth-order valence-electron chi connectivity index (χ4n) is 3.23. The summed E-state index contributed by atoms with van der Waals surface area (Å²) in [6.07, 6.45) is -0.675. The Morgan fingerprint density at radius 3 is 2.54 bits per heavy atom. The van der Waals surface area contributed by atoms with Crippen molar-refractivity contribution in [3.8, 4) is 0 Å². The number of hydrogen-bond acceptors (Lipinski definition) is 3. The molecule has 28 heavy (non-hydrogen) atoms. The molecule has 1 aromatic carbocycles. The number of alkyl halides is 2. The van der Waals surface area contributed by atoms with Crippen molar-refractivity contribution in [2.24, 2.45) is 4.99 Å². The first-order chi connectivity index (χ1) is 12.9. The molecule has 0 bridgehead atoms. The molecule has 2 rings (SSSR count). The van der Waals surface area contributed by atoms with Crippen LogP contribution in [0.15, 0.2) is 23.2 Å². The highest BCUT2D eigenvalue weighted by atomic mass is 127. The van der Waals surface area contributed by atoms with Gasteiger partial charge >= 0.3 is 0 Å². The number of nitrogens with zero attached hydrogens (tertiary/aromatic N) is 3. The second-order valence-electron chi connectivity index (χ2n) is 7.20. The third-order valence-corrected chi connectivity index (χ3v) is 4.60. The SMILES string of the molecule is CN=C(NCc1ccc(F)c(CN(C)C)c1)NC1CCN(CC(F)F)CC1.I. The molecule has 0 aromatic heterocycles. The molecule has 1 aromatic rings. The van der Waals surface area contributed by atoms with Crippen molar-refractivity contribution >= 4 is 29.9 Å². The minimum absolute atomic E-state index is 0. The number of nitrogens with one attached hydrogen (secondary N) is 2. The van der Waals surface area contributed by atoms with Crippen molar-refractivity contribution < 1.29 is 13.2 Å². The smallest absolute Gasteiger partial charge is 0.251 e. The summed E-state index contributed by atoms with van der Waals surface area (Å²) in [6, 6.07) is 5.32. The van der Waals surface area contributed by atoms with Gasteiger partial charge in [0.2, 0.25) is 0 Å². The highest BCUT2D eigenvalue weighted by Crippen LogP contribution is 2.13. The number of likely N-dealkylation sites (tertiary alicyclic amines) is 1. The molecule has 1 aliphatic rings. The average molecular weight is 513 g/mol. The second-order valence-corrected chi connectivity index (χ2v) is 7.20. The highest BCUT2D eigenvalue weighted by Gasteiger charge is 2.21. The molecule has 1 saturated heterocycles. The van der Waals surface area contributed by atoms with E-state index in [0.717, 1.165) is 18.4 Å². The number of aliphatic imine (C=N–C) groups is 1. The Kier molecular flexibility index (Phi) is 11.1. The summed E-state index contributed by atoms with van der Waals surface area (Å²) >= 11 is 0. The second kappa shape index (κ2) is 12.5. The molecule has 1 aliphatic heterocycles. The molecule has 0 atom stereocenters. The summed E-state index contributed by atoms with van der Waals surface area (Å²) in [5.74, 6) is 0.464. The van der Waals surface area contributed by atoms with Crippen molar-refractivity contribution in [1.82, 2.24) is 20.4 Å².